The van der Waals surface area contributed by atoms with Crippen molar-refractivity contribution in [3.8, 4) is 0 Å². The monoisotopic (exact) mass is 383 g/mol. The van der Waals surface area contributed by atoms with Gasteiger partial charge < -0.3 is 10.5 Å². The number of unbranched alkanes of at least 4 members (excludes halogenated alkanes) is 7. The van der Waals surface area contributed by atoms with Crippen LogP contribution >= 0.6 is 0 Å². The maximum absolute atomic E-state index is 6.22. The number of nitrogens with two attached hydrogens (primary N) is 1. The van der Waals surface area contributed by atoms with E-state index in [0.717, 1.165) is 19.4 Å². The molecule has 0 aliphatic carbocycles. The van der Waals surface area contributed by atoms with Crippen molar-refractivity contribution in [2.75, 3.05) is 13.2 Å². The fourth-order valence-corrected chi connectivity index (χ4v) is 4.17. The average molecular weight is 384 g/mol. The van der Waals surface area contributed by atoms with E-state index in [-0.39, 0.29) is 5.60 Å². The summed E-state index contributed by atoms with van der Waals surface area (Å²) < 4.78 is 6.22. The standard InChI is InChI=1S/C25H53NO/c1-8-10-12-14-16-18-25(7,17-15-13-11-9-2)23(3,4)20-22-27-24(5,6)19-21-26/h8-22,26H2,1-7H3. The molecule has 2 nitrogen and oxygen atoms in total. The second-order valence-corrected chi connectivity index (χ2v) is 10.3. The van der Waals surface area contributed by atoms with Gasteiger partial charge in [-0.15, -0.1) is 0 Å². The second kappa shape index (κ2) is 14.0. The summed E-state index contributed by atoms with van der Waals surface area (Å²) in [5, 5.41) is 0. The van der Waals surface area contributed by atoms with Gasteiger partial charge in [0.15, 0.2) is 0 Å². The lowest BCUT2D eigenvalue weighted by Gasteiger charge is -2.46. The number of hydrogen-bond donors (Lipinski definition) is 1. The quantitative estimate of drug-likeness (QED) is 0.244. The van der Waals surface area contributed by atoms with Crippen molar-refractivity contribution in [1.82, 2.24) is 0 Å². The minimum Gasteiger partial charge on any atom is -0.376 e. The summed E-state index contributed by atoms with van der Waals surface area (Å²) in [6, 6.07) is 0. The largest absolute Gasteiger partial charge is 0.376 e. The van der Waals surface area contributed by atoms with Gasteiger partial charge in [0.2, 0.25) is 0 Å². The number of rotatable bonds is 18. The predicted molar refractivity (Wildman–Crippen MR) is 122 cm³/mol. The van der Waals surface area contributed by atoms with Crippen LogP contribution in [0.4, 0.5) is 0 Å². The number of hydrogen-bond acceptors (Lipinski definition) is 2. The van der Waals surface area contributed by atoms with Crippen molar-refractivity contribution in [3.63, 3.8) is 0 Å². The molecule has 2 heteroatoms. The molecular weight excluding hydrogens is 330 g/mol. The number of ether oxygens (including phenoxy) is 1. The third-order valence-electron chi connectivity index (χ3n) is 7.01. The fraction of sp³-hybridized carbons (Fsp3) is 1.00. The van der Waals surface area contributed by atoms with E-state index < -0.39 is 0 Å². The van der Waals surface area contributed by atoms with E-state index in [1.165, 1.54) is 70.6 Å². The molecule has 0 aromatic rings. The molecule has 0 aromatic carbocycles. The molecule has 0 radical (unpaired) electrons. The molecule has 0 rings (SSSR count). The van der Waals surface area contributed by atoms with Crippen molar-refractivity contribution in [2.45, 2.75) is 138 Å². The van der Waals surface area contributed by atoms with E-state index in [4.69, 9.17) is 10.5 Å². The average Bonchev–Trinajstić information content (AvgIpc) is 2.58. The third kappa shape index (κ3) is 11.5. The second-order valence-electron chi connectivity index (χ2n) is 10.3. The molecule has 0 amide bonds. The van der Waals surface area contributed by atoms with Gasteiger partial charge in [-0.1, -0.05) is 92.4 Å². The highest BCUT2D eigenvalue weighted by Gasteiger charge is 2.39. The summed E-state index contributed by atoms with van der Waals surface area (Å²) in [6.07, 6.45) is 17.2. The Balaban J connectivity index is 4.75. The van der Waals surface area contributed by atoms with Crippen molar-refractivity contribution in [1.29, 1.82) is 0 Å². The van der Waals surface area contributed by atoms with Crippen molar-refractivity contribution in [2.24, 2.45) is 16.6 Å². The van der Waals surface area contributed by atoms with Gasteiger partial charge in [-0.05, 0) is 56.9 Å². The van der Waals surface area contributed by atoms with E-state index in [1.54, 1.807) is 0 Å². The highest BCUT2D eigenvalue weighted by atomic mass is 16.5. The molecule has 1 atom stereocenters. The SMILES string of the molecule is CCCCCCCC(C)(CCCCCC)C(C)(C)CCOC(C)(C)CCN. The van der Waals surface area contributed by atoms with Gasteiger partial charge in [0.05, 0.1) is 5.60 Å². The molecule has 0 aromatic heterocycles. The van der Waals surface area contributed by atoms with Gasteiger partial charge in [0, 0.05) is 6.61 Å². The Morgan fingerprint density at radius 2 is 1.11 bits per heavy atom. The molecule has 2 N–H and O–H groups in total. The zero-order chi connectivity index (χ0) is 20.8. The fourth-order valence-electron chi connectivity index (χ4n) is 4.17. The highest BCUT2D eigenvalue weighted by Crippen LogP contribution is 2.49. The van der Waals surface area contributed by atoms with Crippen LogP contribution in [0.1, 0.15) is 132 Å². The van der Waals surface area contributed by atoms with E-state index in [1.807, 2.05) is 0 Å². The Kier molecular flexibility index (Phi) is 13.9. The zero-order valence-electron chi connectivity index (χ0n) is 20.1. The molecule has 0 aliphatic rings. The van der Waals surface area contributed by atoms with Crippen LogP contribution in [-0.2, 0) is 4.74 Å². The molecule has 0 saturated heterocycles. The first-order valence-corrected chi connectivity index (χ1v) is 12.0. The van der Waals surface area contributed by atoms with Crippen LogP contribution < -0.4 is 5.73 Å². The van der Waals surface area contributed by atoms with Crippen LogP contribution in [0.3, 0.4) is 0 Å². The zero-order valence-corrected chi connectivity index (χ0v) is 20.1. The van der Waals surface area contributed by atoms with Gasteiger partial charge in [-0.3, -0.25) is 0 Å². The Bertz CT molecular complexity index is 350. The third-order valence-corrected chi connectivity index (χ3v) is 7.01. The van der Waals surface area contributed by atoms with Gasteiger partial charge in [0.25, 0.3) is 0 Å². The molecule has 0 fully saturated rings. The van der Waals surface area contributed by atoms with Gasteiger partial charge in [0.1, 0.15) is 0 Å². The summed E-state index contributed by atoms with van der Waals surface area (Å²) in [5.41, 5.74) is 6.35. The molecule has 0 bridgehead atoms. The van der Waals surface area contributed by atoms with Gasteiger partial charge >= 0.3 is 0 Å². The molecule has 0 heterocycles. The first kappa shape index (κ1) is 26.9. The maximum atomic E-state index is 6.22. The normalized spacial score (nSPS) is 15.1. The van der Waals surface area contributed by atoms with Crippen LogP contribution in [0.25, 0.3) is 0 Å². The van der Waals surface area contributed by atoms with Crippen LogP contribution in [-0.4, -0.2) is 18.8 Å². The Hall–Kier alpha value is -0.0800. The molecular formula is C25H53NO. The predicted octanol–water partition coefficient (Wildman–Crippen LogP) is 7.88. The minimum atomic E-state index is -0.0947. The van der Waals surface area contributed by atoms with E-state index in [0.29, 0.717) is 17.4 Å². The van der Waals surface area contributed by atoms with Crippen LogP contribution in [0.5, 0.6) is 0 Å². The molecule has 0 spiro atoms. The smallest absolute Gasteiger partial charge is 0.0638 e. The first-order chi connectivity index (χ1) is 12.6. The van der Waals surface area contributed by atoms with E-state index >= 15 is 0 Å². The van der Waals surface area contributed by atoms with E-state index in [9.17, 15) is 0 Å². The Labute approximate surface area is 172 Å². The molecule has 1 unspecified atom stereocenters. The first-order valence-electron chi connectivity index (χ1n) is 12.0. The summed E-state index contributed by atoms with van der Waals surface area (Å²) in [7, 11) is 0. The molecule has 164 valence electrons. The molecule has 0 aliphatic heterocycles. The highest BCUT2D eigenvalue weighted by molar-refractivity contribution is 4.90. The lowest BCUT2D eigenvalue weighted by Crippen LogP contribution is -2.38. The Morgan fingerprint density at radius 3 is 1.59 bits per heavy atom. The van der Waals surface area contributed by atoms with Gasteiger partial charge in [-0.25, -0.2) is 0 Å². The summed E-state index contributed by atoms with van der Waals surface area (Å²) in [6.45, 7) is 18.0. The topological polar surface area (TPSA) is 35.2 Å². The minimum absolute atomic E-state index is 0.0947. The van der Waals surface area contributed by atoms with Crippen molar-refractivity contribution in [3.05, 3.63) is 0 Å². The lowest BCUT2D eigenvalue weighted by atomic mass is 9.60. The van der Waals surface area contributed by atoms with Crippen molar-refractivity contribution < 1.29 is 4.74 Å². The summed E-state index contributed by atoms with van der Waals surface area (Å²) in [4.78, 5) is 0. The Morgan fingerprint density at radius 1 is 0.630 bits per heavy atom. The summed E-state index contributed by atoms with van der Waals surface area (Å²) in [5.74, 6) is 0. The van der Waals surface area contributed by atoms with Crippen molar-refractivity contribution >= 4 is 0 Å². The lowest BCUT2D eigenvalue weighted by molar-refractivity contribution is -0.0518. The van der Waals surface area contributed by atoms with Crippen LogP contribution in [0, 0.1) is 10.8 Å². The van der Waals surface area contributed by atoms with Crippen LogP contribution in [0.2, 0.25) is 0 Å². The van der Waals surface area contributed by atoms with E-state index in [2.05, 4.69) is 48.5 Å². The van der Waals surface area contributed by atoms with Gasteiger partial charge in [-0.2, -0.15) is 0 Å². The summed E-state index contributed by atoms with van der Waals surface area (Å²) >= 11 is 0. The maximum Gasteiger partial charge on any atom is 0.0638 e. The van der Waals surface area contributed by atoms with Crippen LogP contribution in [0.15, 0.2) is 0 Å². The molecule has 27 heavy (non-hydrogen) atoms. The molecule has 0 saturated carbocycles.